The third-order valence-electron chi connectivity index (χ3n) is 5.35. The van der Waals surface area contributed by atoms with Gasteiger partial charge in [-0.2, -0.15) is 0 Å². The molecule has 0 aromatic heterocycles. The van der Waals surface area contributed by atoms with Gasteiger partial charge >= 0.3 is 0 Å². The molecule has 0 radical (unpaired) electrons. The van der Waals surface area contributed by atoms with E-state index in [9.17, 15) is 4.79 Å². The summed E-state index contributed by atoms with van der Waals surface area (Å²) in [5, 5.41) is 0. The topological polar surface area (TPSA) is 20.3 Å². The molecule has 0 aromatic rings. The van der Waals surface area contributed by atoms with Crippen LogP contribution >= 0.6 is 0 Å². The quantitative estimate of drug-likeness (QED) is 0.166. The minimum absolute atomic E-state index is 0.115. The van der Waals surface area contributed by atoms with Crippen LogP contribution in [0.25, 0.3) is 0 Å². The zero-order valence-corrected chi connectivity index (χ0v) is 17.9. The number of amides is 1. The van der Waals surface area contributed by atoms with Crippen LogP contribution in [0.2, 0.25) is 0 Å². The number of hydrogen-bond acceptors (Lipinski definition) is 1. The van der Waals surface area contributed by atoms with Crippen LogP contribution < -0.4 is 0 Å². The second-order valence-corrected chi connectivity index (χ2v) is 7.46. The van der Waals surface area contributed by atoms with Crippen molar-refractivity contribution < 1.29 is 4.79 Å². The molecule has 0 saturated carbocycles. The van der Waals surface area contributed by atoms with Gasteiger partial charge in [0.05, 0.1) is 0 Å². The first-order chi connectivity index (χ1) is 12.6. The number of allylic oxidation sites excluding steroid dienone is 2. The van der Waals surface area contributed by atoms with Crippen LogP contribution in [0, 0.1) is 11.8 Å². The Hall–Kier alpha value is -1.31. The van der Waals surface area contributed by atoms with Gasteiger partial charge in [-0.25, -0.2) is 0 Å². The molecule has 0 heterocycles. The summed E-state index contributed by atoms with van der Waals surface area (Å²) in [6.45, 7) is 18.3. The third-order valence-corrected chi connectivity index (χ3v) is 5.35. The minimum Gasteiger partial charge on any atom is -0.338 e. The summed E-state index contributed by atoms with van der Waals surface area (Å²) in [4.78, 5) is 15.2. The standard InChI is InChI=1S/C24H43NO/c1-7-13-15-18-22(11-5)20-25(19-21(10-4)17-14-8-2)24(26)23(12-6)16-9-3/h9,12,16,21-22H,3,6-8,10-11,13-15,17-20H2,1-2,4-5H3. The van der Waals surface area contributed by atoms with Gasteiger partial charge in [-0.15, -0.1) is 0 Å². The van der Waals surface area contributed by atoms with Crippen molar-refractivity contribution in [1.29, 1.82) is 0 Å². The van der Waals surface area contributed by atoms with Gasteiger partial charge in [0.15, 0.2) is 0 Å². The molecule has 0 spiro atoms. The van der Waals surface area contributed by atoms with Gasteiger partial charge in [-0.1, -0.05) is 104 Å². The highest BCUT2D eigenvalue weighted by molar-refractivity contribution is 5.96. The Morgan fingerprint density at radius 2 is 1.42 bits per heavy atom. The van der Waals surface area contributed by atoms with Gasteiger partial charge in [0.2, 0.25) is 0 Å². The van der Waals surface area contributed by atoms with E-state index in [2.05, 4.69) is 45.8 Å². The molecule has 2 nitrogen and oxygen atoms in total. The molecule has 0 aromatic carbocycles. The molecule has 0 fully saturated rings. The summed E-state index contributed by atoms with van der Waals surface area (Å²) < 4.78 is 0. The van der Waals surface area contributed by atoms with E-state index < -0.39 is 0 Å². The molecular formula is C24H43NO. The SMILES string of the molecule is C=CC=C(C=C)C(=O)N(CC(CC)CCCC)CC(CC)CCCCC. The van der Waals surface area contributed by atoms with Crippen molar-refractivity contribution in [3.05, 3.63) is 37.0 Å². The van der Waals surface area contributed by atoms with Gasteiger partial charge in [0.25, 0.3) is 5.91 Å². The largest absolute Gasteiger partial charge is 0.338 e. The van der Waals surface area contributed by atoms with Crippen LogP contribution in [0.15, 0.2) is 37.0 Å². The maximum absolute atomic E-state index is 13.1. The molecule has 0 rings (SSSR count). The molecule has 0 saturated heterocycles. The van der Waals surface area contributed by atoms with Crippen LogP contribution in [0.1, 0.15) is 85.5 Å². The van der Waals surface area contributed by atoms with Crippen molar-refractivity contribution in [2.24, 2.45) is 11.8 Å². The second kappa shape index (κ2) is 15.9. The predicted octanol–water partition coefficient (Wildman–Crippen LogP) is 6.94. The Morgan fingerprint density at radius 3 is 1.85 bits per heavy atom. The number of rotatable bonds is 16. The fourth-order valence-corrected chi connectivity index (χ4v) is 3.42. The minimum atomic E-state index is 0.115. The Balaban J connectivity index is 5.22. The monoisotopic (exact) mass is 361 g/mol. The van der Waals surface area contributed by atoms with Crippen molar-refractivity contribution in [1.82, 2.24) is 4.90 Å². The highest BCUT2D eigenvalue weighted by Crippen LogP contribution is 2.21. The molecule has 150 valence electrons. The fraction of sp³-hybridized carbons (Fsp3) is 0.708. The molecule has 0 N–H and O–H groups in total. The molecule has 0 aliphatic heterocycles. The molecule has 0 aliphatic carbocycles. The van der Waals surface area contributed by atoms with Crippen LogP contribution in [0.4, 0.5) is 0 Å². The van der Waals surface area contributed by atoms with E-state index in [1.807, 2.05) is 0 Å². The molecule has 1 amide bonds. The highest BCUT2D eigenvalue weighted by Gasteiger charge is 2.22. The maximum atomic E-state index is 13.1. The van der Waals surface area contributed by atoms with E-state index in [0.717, 1.165) is 25.9 Å². The maximum Gasteiger partial charge on any atom is 0.253 e. The first-order valence-electron chi connectivity index (χ1n) is 10.8. The van der Waals surface area contributed by atoms with E-state index in [1.54, 1.807) is 18.2 Å². The first kappa shape index (κ1) is 24.7. The highest BCUT2D eigenvalue weighted by atomic mass is 16.2. The van der Waals surface area contributed by atoms with Crippen molar-refractivity contribution in [2.75, 3.05) is 13.1 Å². The lowest BCUT2D eigenvalue weighted by atomic mass is 9.95. The van der Waals surface area contributed by atoms with Crippen molar-refractivity contribution >= 4 is 5.91 Å². The lowest BCUT2D eigenvalue weighted by molar-refractivity contribution is -0.128. The summed E-state index contributed by atoms with van der Waals surface area (Å²) in [7, 11) is 0. The Labute approximate surface area is 163 Å². The summed E-state index contributed by atoms with van der Waals surface area (Å²) in [5.41, 5.74) is 0.661. The van der Waals surface area contributed by atoms with Gasteiger partial charge in [-0.05, 0) is 24.7 Å². The lowest BCUT2D eigenvalue weighted by Crippen LogP contribution is -2.39. The summed E-state index contributed by atoms with van der Waals surface area (Å²) in [6, 6.07) is 0. The van der Waals surface area contributed by atoms with E-state index in [1.165, 1.54) is 44.9 Å². The fourth-order valence-electron chi connectivity index (χ4n) is 3.42. The van der Waals surface area contributed by atoms with Gasteiger partial charge in [0, 0.05) is 18.7 Å². The predicted molar refractivity (Wildman–Crippen MR) is 116 cm³/mol. The molecule has 2 atom stereocenters. The Bertz CT molecular complexity index is 424. The van der Waals surface area contributed by atoms with Gasteiger partial charge < -0.3 is 4.90 Å². The molecule has 2 heteroatoms. The number of nitrogens with zero attached hydrogens (tertiary/aromatic N) is 1. The number of unbranched alkanes of at least 4 members (excludes halogenated alkanes) is 3. The second-order valence-electron chi connectivity index (χ2n) is 7.46. The van der Waals surface area contributed by atoms with Crippen molar-refractivity contribution in [2.45, 2.75) is 85.5 Å². The van der Waals surface area contributed by atoms with Gasteiger partial charge in [-0.3, -0.25) is 4.79 Å². The van der Waals surface area contributed by atoms with Crippen LogP contribution in [0.5, 0.6) is 0 Å². The normalized spacial score (nSPS) is 13.9. The number of carbonyl (C=O) groups excluding carboxylic acids is 1. The molecule has 26 heavy (non-hydrogen) atoms. The van der Waals surface area contributed by atoms with Crippen LogP contribution in [-0.2, 0) is 4.79 Å². The molecule has 0 bridgehead atoms. The van der Waals surface area contributed by atoms with E-state index in [0.29, 0.717) is 17.4 Å². The number of hydrogen-bond donors (Lipinski definition) is 0. The summed E-state index contributed by atoms with van der Waals surface area (Å²) >= 11 is 0. The van der Waals surface area contributed by atoms with E-state index in [4.69, 9.17) is 0 Å². The van der Waals surface area contributed by atoms with Crippen molar-refractivity contribution in [3.8, 4) is 0 Å². The lowest BCUT2D eigenvalue weighted by Gasteiger charge is -2.31. The van der Waals surface area contributed by atoms with Crippen LogP contribution in [0.3, 0.4) is 0 Å². The van der Waals surface area contributed by atoms with E-state index >= 15 is 0 Å². The molecular weight excluding hydrogens is 318 g/mol. The van der Waals surface area contributed by atoms with Crippen LogP contribution in [-0.4, -0.2) is 23.9 Å². The Morgan fingerprint density at radius 1 is 0.885 bits per heavy atom. The average molecular weight is 362 g/mol. The van der Waals surface area contributed by atoms with Crippen molar-refractivity contribution in [3.63, 3.8) is 0 Å². The van der Waals surface area contributed by atoms with Gasteiger partial charge in [0.1, 0.15) is 0 Å². The molecule has 2 unspecified atom stereocenters. The van der Waals surface area contributed by atoms with E-state index in [-0.39, 0.29) is 5.91 Å². The smallest absolute Gasteiger partial charge is 0.253 e. The zero-order chi connectivity index (χ0) is 19.8. The molecule has 0 aliphatic rings. The number of carbonyl (C=O) groups is 1. The third kappa shape index (κ3) is 9.99. The zero-order valence-electron chi connectivity index (χ0n) is 17.9. The first-order valence-corrected chi connectivity index (χ1v) is 10.8. The average Bonchev–Trinajstić information content (AvgIpc) is 2.66. The summed E-state index contributed by atoms with van der Waals surface area (Å²) in [6.07, 6.45) is 16.1. The Kier molecular flexibility index (Phi) is 15.1. The summed E-state index contributed by atoms with van der Waals surface area (Å²) in [5.74, 6) is 1.29.